The second-order valence-corrected chi connectivity index (χ2v) is 7.97. The molecule has 2 aliphatic carbocycles. The van der Waals surface area contributed by atoms with Crippen molar-refractivity contribution in [2.45, 2.75) is 59.0 Å². The Hall–Kier alpha value is -1.33. The molecular weight excluding hydrogens is 256 g/mol. The van der Waals surface area contributed by atoms with E-state index in [1.54, 1.807) is 0 Å². The van der Waals surface area contributed by atoms with Crippen molar-refractivity contribution in [3.05, 3.63) is 35.4 Å². The van der Waals surface area contributed by atoms with Crippen molar-refractivity contribution in [1.82, 2.24) is 5.32 Å². The molecule has 0 saturated heterocycles. The molecule has 0 amide bonds. The van der Waals surface area contributed by atoms with Gasteiger partial charge in [0.15, 0.2) is 0 Å². The molecule has 0 spiro atoms. The molecule has 1 aromatic rings. The van der Waals surface area contributed by atoms with Gasteiger partial charge < -0.3 is 5.32 Å². The van der Waals surface area contributed by atoms with E-state index in [1.165, 1.54) is 24.8 Å². The summed E-state index contributed by atoms with van der Waals surface area (Å²) in [5.74, 6) is 0.869. The molecule has 4 atom stereocenters. The Balaban J connectivity index is 1.78. The minimum Gasteiger partial charge on any atom is -0.306 e. The third kappa shape index (κ3) is 2.28. The van der Waals surface area contributed by atoms with Crippen LogP contribution in [0.25, 0.3) is 0 Å². The molecule has 2 heteroatoms. The standard InChI is InChI=1S/C19H26N2/c1-13(15-7-5-14(12-20)6-8-15)21-17-18(2,3)16-9-10-19(17,4)11-16/h5-8,13,16-17,21H,9-11H2,1-4H3/t13?,16-,17?,19+/m0/s1. The van der Waals surface area contributed by atoms with Crippen LogP contribution in [0.1, 0.15) is 64.1 Å². The Labute approximate surface area is 128 Å². The van der Waals surface area contributed by atoms with Crippen LogP contribution in [0.3, 0.4) is 0 Å². The van der Waals surface area contributed by atoms with Crippen molar-refractivity contribution in [1.29, 1.82) is 5.26 Å². The van der Waals surface area contributed by atoms with Gasteiger partial charge >= 0.3 is 0 Å². The van der Waals surface area contributed by atoms with Crippen LogP contribution < -0.4 is 5.32 Å². The van der Waals surface area contributed by atoms with E-state index in [2.05, 4.69) is 51.2 Å². The summed E-state index contributed by atoms with van der Waals surface area (Å²) in [4.78, 5) is 0. The molecule has 2 saturated carbocycles. The third-order valence-corrected chi connectivity index (χ3v) is 6.23. The number of hydrogen-bond donors (Lipinski definition) is 1. The molecule has 2 aliphatic rings. The number of rotatable bonds is 3. The normalized spacial score (nSPS) is 34.6. The van der Waals surface area contributed by atoms with Crippen molar-refractivity contribution >= 4 is 0 Å². The summed E-state index contributed by atoms with van der Waals surface area (Å²) in [5.41, 5.74) is 2.84. The van der Waals surface area contributed by atoms with Crippen LogP contribution in [0.5, 0.6) is 0 Å². The fraction of sp³-hybridized carbons (Fsp3) is 0.632. The van der Waals surface area contributed by atoms with Crippen LogP contribution in [-0.2, 0) is 0 Å². The molecule has 2 nitrogen and oxygen atoms in total. The zero-order chi connectivity index (χ0) is 15.3. The minimum atomic E-state index is 0.332. The predicted molar refractivity (Wildman–Crippen MR) is 85.7 cm³/mol. The average Bonchev–Trinajstić information content (AvgIpc) is 2.94. The topological polar surface area (TPSA) is 35.8 Å². The first-order valence-corrected chi connectivity index (χ1v) is 8.13. The smallest absolute Gasteiger partial charge is 0.0991 e. The van der Waals surface area contributed by atoms with Crippen molar-refractivity contribution in [3.8, 4) is 6.07 Å². The number of benzene rings is 1. The fourth-order valence-corrected chi connectivity index (χ4v) is 4.91. The number of hydrogen-bond acceptors (Lipinski definition) is 2. The van der Waals surface area contributed by atoms with E-state index in [9.17, 15) is 0 Å². The average molecular weight is 282 g/mol. The molecule has 1 N–H and O–H groups in total. The summed E-state index contributed by atoms with van der Waals surface area (Å²) in [5, 5.41) is 12.8. The maximum Gasteiger partial charge on any atom is 0.0991 e. The molecule has 2 unspecified atom stereocenters. The Morgan fingerprint density at radius 2 is 1.90 bits per heavy atom. The van der Waals surface area contributed by atoms with Gasteiger partial charge in [0.25, 0.3) is 0 Å². The van der Waals surface area contributed by atoms with Gasteiger partial charge in [0.2, 0.25) is 0 Å². The van der Waals surface area contributed by atoms with Crippen LogP contribution in [0, 0.1) is 28.1 Å². The van der Waals surface area contributed by atoms with Crippen molar-refractivity contribution < 1.29 is 0 Å². The van der Waals surface area contributed by atoms with Gasteiger partial charge in [-0.2, -0.15) is 5.26 Å². The first kappa shape index (κ1) is 14.6. The molecule has 21 heavy (non-hydrogen) atoms. The highest BCUT2D eigenvalue weighted by molar-refractivity contribution is 5.33. The molecule has 2 bridgehead atoms. The van der Waals surface area contributed by atoms with E-state index in [0.717, 1.165) is 11.5 Å². The van der Waals surface area contributed by atoms with Crippen LogP contribution in [0.2, 0.25) is 0 Å². The largest absolute Gasteiger partial charge is 0.306 e. The van der Waals surface area contributed by atoms with Gasteiger partial charge in [0.05, 0.1) is 11.6 Å². The van der Waals surface area contributed by atoms with E-state index in [-0.39, 0.29) is 0 Å². The van der Waals surface area contributed by atoms with Gasteiger partial charge in [-0.05, 0) is 60.6 Å². The summed E-state index contributed by atoms with van der Waals surface area (Å²) in [6.07, 6.45) is 4.13. The lowest BCUT2D eigenvalue weighted by Gasteiger charge is -2.44. The molecular formula is C19H26N2. The zero-order valence-electron chi connectivity index (χ0n) is 13.6. The Morgan fingerprint density at radius 3 is 2.43 bits per heavy atom. The summed E-state index contributed by atoms with van der Waals surface area (Å²) in [6.45, 7) is 9.58. The van der Waals surface area contributed by atoms with Gasteiger partial charge in [-0.3, -0.25) is 0 Å². The van der Waals surface area contributed by atoms with Crippen molar-refractivity contribution in [2.75, 3.05) is 0 Å². The quantitative estimate of drug-likeness (QED) is 0.890. The Bertz CT molecular complexity index is 561. The van der Waals surface area contributed by atoms with Gasteiger partial charge in [0.1, 0.15) is 0 Å². The highest BCUT2D eigenvalue weighted by atomic mass is 15.0. The molecule has 2 fully saturated rings. The van der Waals surface area contributed by atoms with Gasteiger partial charge in [0, 0.05) is 12.1 Å². The van der Waals surface area contributed by atoms with Crippen LogP contribution >= 0.6 is 0 Å². The lowest BCUT2D eigenvalue weighted by atomic mass is 9.68. The van der Waals surface area contributed by atoms with Gasteiger partial charge in [-0.1, -0.05) is 32.9 Å². The summed E-state index contributed by atoms with van der Waals surface area (Å²) >= 11 is 0. The second-order valence-electron chi connectivity index (χ2n) is 7.97. The van der Waals surface area contributed by atoms with Gasteiger partial charge in [-0.25, -0.2) is 0 Å². The third-order valence-electron chi connectivity index (χ3n) is 6.23. The highest BCUT2D eigenvalue weighted by Gasteiger charge is 2.59. The second kappa shape index (κ2) is 4.85. The molecule has 0 radical (unpaired) electrons. The SMILES string of the molecule is CC(NC1C(C)(C)[C@H]2CC[C@]1(C)C2)c1ccc(C#N)cc1. The lowest BCUT2D eigenvalue weighted by Crippen LogP contribution is -2.50. The molecule has 1 aromatic carbocycles. The first-order valence-electron chi connectivity index (χ1n) is 8.13. The van der Waals surface area contributed by atoms with E-state index >= 15 is 0 Å². The zero-order valence-corrected chi connectivity index (χ0v) is 13.6. The van der Waals surface area contributed by atoms with E-state index < -0.39 is 0 Å². The van der Waals surface area contributed by atoms with Crippen molar-refractivity contribution in [3.63, 3.8) is 0 Å². The predicted octanol–water partition coefficient (Wildman–Crippen LogP) is 4.42. The van der Waals surface area contributed by atoms with Gasteiger partial charge in [-0.15, -0.1) is 0 Å². The molecule has 3 rings (SSSR count). The van der Waals surface area contributed by atoms with Crippen LogP contribution in [0.4, 0.5) is 0 Å². The maximum atomic E-state index is 8.91. The minimum absolute atomic E-state index is 0.332. The summed E-state index contributed by atoms with van der Waals surface area (Å²) in [7, 11) is 0. The fourth-order valence-electron chi connectivity index (χ4n) is 4.91. The first-order chi connectivity index (χ1) is 9.87. The maximum absolute atomic E-state index is 8.91. The molecule has 112 valence electrons. The number of nitrogens with one attached hydrogen (secondary N) is 1. The Kier molecular flexibility index (Phi) is 3.37. The van der Waals surface area contributed by atoms with Crippen molar-refractivity contribution in [2.24, 2.45) is 16.7 Å². The van der Waals surface area contributed by atoms with Crippen LogP contribution in [-0.4, -0.2) is 6.04 Å². The molecule has 0 aliphatic heterocycles. The number of fused-ring (bicyclic) bond motifs is 2. The van der Waals surface area contributed by atoms with E-state index in [4.69, 9.17) is 5.26 Å². The highest BCUT2D eigenvalue weighted by Crippen LogP contribution is 2.62. The monoisotopic (exact) mass is 282 g/mol. The number of nitrogens with zero attached hydrogens (tertiary/aromatic N) is 1. The number of nitriles is 1. The van der Waals surface area contributed by atoms with E-state index in [0.29, 0.717) is 22.9 Å². The summed E-state index contributed by atoms with van der Waals surface area (Å²) < 4.78 is 0. The summed E-state index contributed by atoms with van der Waals surface area (Å²) in [6, 6.07) is 11.1. The van der Waals surface area contributed by atoms with Crippen LogP contribution in [0.15, 0.2) is 24.3 Å². The molecule has 0 heterocycles. The molecule has 0 aromatic heterocycles. The van der Waals surface area contributed by atoms with E-state index in [1.807, 2.05) is 12.1 Å². The lowest BCUT2D eigenvalue weighted by molar-refractivity contribution is 0.100. The Morgan fingerprint density at radius 1 is 1.24 bits per heavy atom.